The number of benzene rings is 1. The first-order chi connectivity index (χ1) is 15.1. The zero-order valence-electron chi connectivity index (χ0n) is 20.2. The molecule has 2 fully saturated rings. The summed E-state index contributed by atoms with van der Waals surface area (Å²) >= 11 is 0. The molecule has 0 bridgehead atoms. The third-order valence-corrected chi connectivity index (χ3v) is 6.33. The zero-order chi connectivity index (χ0) is 23.4. The normalized spacial score (nSPS) is 19.0. The van der Waals surface area contributed by atoms with Gasteiger partial charge < -0.3 is 19.7 Å². The molecular weight excluding hydrogens is 406 g/mol. The second-order valence-corrected chi connectivity index (χ2v) is 10.6. The third-order valence-electron chi connectivity index (χ3n) is 6.33. The lowest BCUT2D eigenvalue weighted by atomic mass is 9.76. The zero-order valence-corrected chi connectivity index (χ0v) is 20.2. The molecule has 0 aromatic heterocycles. The Balaban J connectivity index is 1.42. The van der Waals surface area contributed by atoms with Crippen LogP contribution < -0.4 is 5.32 Å². The number of nitrogens with one attached hydrogen (secondary N) is 1. The number of nitrogens with zero attached hydrogens (tertiary/aromatic N) is 2. The summed E-state index contributed by atoms with van der Waals surface area (Å²) < 4.78 is 10.8. The van der Waals surface area contributed by atoms with E-state index in [9.17, 15) is 9.59 Å². The summed E-state index contributed by atoms with van der Waals surface area (Å²) in [5.41, 5.74) is 0.698. The summed E-state index contributed by atoms with van der Waals surface area (Å²) in [4.78, 5) is 28.8. The highest BCUT2D eigenvalue weighted by atomic mass is 16.6. The van der Waals surface area contributed by atoms with Crippen molar-refractivity contribution < 1.29 is 19.1 Å². The SMILES string of the molecule is CC(C)C(CCNC(=O)OC(C)(C)C)N1CC2(CCN(C(=O)OCc3ccccc3)C2)C1. The minimum absolute atomic E-state index is 0.178. The van der Waals surface area contributed by atoms with Gasteiger partial charge in [-0.25, -0.2) is 9.59 Å². The first-order valence-corrected chi connectivity index (χ1v) is 11.7. The van der Waals surface area contributed by atoms with Crippen molar-refractivity contribution >= 4 is 12.2 Å². The largest absolute Gasteiger partial charge is 0.445 e. The van der Waals surface area contributed by atoms with E-state index >= 15 is 0 Å². The molecule has 7 nitrogen and oxygen atoms in total. The number of ether oxygens (including phenoxy) is 2. The molecule has 1 aromatic carbocycles. The first kappa shape index (κ1) is 24.4. The maximum absolute atomic E-state index is 12.5. The average molecular weight is 446 g/mol. The number of carbonyl (C=O) groups excluding carboxylic acids is 2. The molecule has 0 aliphatic carbocycles. The molecule has 1 atom stereocenters. The highest BCUT2D eigenvalue weighted by Gasteiger charge is 2.50. The van der Waals surface area contributed by atoms with Gasteiger partial charge in [-0.2, -0.15) is 0 Å². The van der Waals surface area contributed by atoms with Crippen LogP contribution in [0.4, 0.5) is 9.59 Å². The van der Waals surface area contributed by atoms with E-state index in [1.165, 1.54) is 0 Å². The Morgan fingerprint density at radius 3 is 2.44 bits per heavy atom. The van der Waals surface area contributed by atoms with Crippen molar-refractivity contribution in [2.45, 2.75) is 65.7 Å². The van der Waals surface area contributed by atoms with Gasteiger partial charge >= 0.3 is 12.2 Å². The number of alkyl carbamates (subject to hydrolysis) is 1. The van der Waals surface area contributed by atoms with Gasteiger partial charge in [-0.1, -0.05) is 44.2 Å². The van der Waals surface area contributed by atoms with E-state index < -0.39 is 5.60 Å². The molecular formula is C25H39N3O4. The van der Waals surface area contributed by atoms with Gasteiger partial charge in [0.25, 0.3) is 0 Å². The smallest absolute Gasteiger partial charge is 0.410 e. The van der Waals surface area contributed by atoms with E-state index in [-0.39, 0.29) is 17.6 Å². The van der Waals surface area contributed by atoms with Gasteiger partial charge in [-0.15, -0.1) is 0 Å². The van der Waals surface area contributed by atoms with Crippen molar-refractivity contribution in [3.63, 3.8) is 0 Å². The summed E-state index contributed by atoms with van der Waals surface area (Å²) in [5.74, 6) is 0.487. The van der Waals surface area contributed by atoms with Crippen LogP contribution in [0.3, 0.4) is 0 Å². The Labute approximate surface area is 192 Å². The minimum atomic E-state index is -0.484. The van der Waals surface area contributed by atoms with E-state index in [4.69, 9.17) is 9.47 Å². The van der Waals surface area contributed by atoms with Gasteiger partial charge in [-0.3, -0.25) is 4.90 Å². The second kappa shape index (κ2) is 10.1. The van der Waals surface area contributed by atoms with Gasteiger partial charge in [0.2, 0.25) is 0 Å². The molecule has 2 amide bonds. The number of carbonyl (C=O) groups is 2. The summed E-state index contributed by atoms with van der Waals surface area (Å²) in [6.45, 7) is 14.5. The Hall–Kier alpha value is -2.28. The van der Waals surface area contributed by atoms with Crippen molar-refractivity contribution in [3.8, 4) is 0 Å². The fourth-order valence-corrected chi connectivity index (χ4v) is 4.78. The Kier molecular flexibility index (Phi) is 7.70. The van der Waals surface area contributed by atoms with E-state index in [0.717, 1.165) is 44.6 Å². The minimum Gasteiger partial charge on any atom is -0.445 e. The molecule has 32 heavy (non-hydrogen) atoms. The van der Waals surface area contributed by atoms with Crippen molar-refractivity contribution in [2.75, 3.05) is 32.7 Å². The van der Waals surface area contributed by atoms with Crippen LogP contribution in [0.2, 0.25) is 0 Å². The lowest BCUT2D eigenvalue weighted by Crippen LogP contribution is -2.62. The summed E-state index contributed by atoms with van der Waals surface area (Å²) in [7, 11) is 0. The number of rotatable bonds is 7. The molecule has 3 rings (SSSR count). The fourth-order valence-electron chi connectivity index (χ4n) is 4.78. The topological polar surface area (TPSA) is 71.1 Å². The first-order valence-electron chi connectivity index (χ1n) is 11.7. The third kappa shape index (κ3) is 6.61. The number of hydrogen-bond donors (Lipinski definition) is 1. The number of hydrogen-bond acceptors (Lipinski definition) is 5. The molecule has 1 aromatic rings. The highest BCUT2D eigenvalue weighted by molar-refractivity contribution is 5.68. The van der Waals surface area contributed by atoms with Crippen LogP contribution in [-0.4, -0.2) is 66.4 Å². The van der Waals surface area contributed by atoms with E-state index in [0.29, 0.717) is 25.1 Å². The monoisotopic (exact) mass is 445 g/mol. The van der Waals surface area contributed by atoms with Crippen LogP contribution >= 0.6 is 0 Å². The molecule has 2 heterocycles. The van der Waals surface area contributed by atoms with Crippen LogP contribution in [0.1, 0.15) is 53.0 Å². The predicted molar refractivity (Wildman–Crippen MR) is 124 cm³/mol. The molecule has 178 valence electrons. The Morgan fingerprint density at radius 1 is 1.12 bits per heavy atom. The van der Waals surface area contributed by atoms with Crippen molar-refractivity contribution in [2.24, 2.45) is 11.3 Å². The molecule has 7 heteroatoms. The maximum Gasteiger partial charge on any atom is 0.410 e. The summed E-state index contributed by atoms with van der Waals surface area (Å²) in [5, 5.41) is 2.88. The fraction of sp³-hybridized carbons (Fsp3) is 0.680. The van der Waals surface area contributed by atoms with Crippen molar-refractivity contribution in [3.05, 3.63) is 35.9 Å². The maximum atomic E-state index is 12.5. The summed E-state index contributed by atoms with van der Waals surface area (Å²) in [6, 6.07) is 10.2. The molecule has 1 unspecified atom stereocenters. The van der Waals surface area contributed by atoms with Gasteiger partial charge in [0.05, 0.1) is 0 Å². The average Bonchev–Trinajstić information content (AvgIpc) is 3.13. The van der Waals surface area contributed by atoms with Gasteiger partial charge in [0.15, 0.2) is 0 Å². The van der Waals surface area contributed by atoms with E-state index in [1.54, 1.807) is 0 Å². The van der Waals surface area contributed by atoms with Gasteiger partial charge in [0, 0.05) is 44.2 Å². The van der Waals surface area contributed by atoms with Gasteiger partial charge in [0.1, 0.15) is 12.2 Å². The molecule has 0 radical (unpaired) electrons. The molecule has 2 aliphatic heterocycles. The Bertz CT molecular complexity index is 769. The van der Waals surface area contributed by atoms with Crippen LogP contribution in [0, 0.1) is 11.3 Å². The molecule has 2 saturated heterocycles. The van der Waals surface area contributed by atoms with Crippen LogP contribution in [0.25, 0.3) is 0 Å². The molecule has 1 spiro atoms. The van der Waals surface area contributed by atoms with E-state index in [1.807, 2.05) is 56.0 Å². The predicted octanol–water partition coefficient (Wildman–Crippen LogP) is 4.27. The number of amides is 2. The molecule has 2 aliphatic rings. The molecule has 0 saturated carbocycles. The standard InChI is InChI=1S/C25H39N3O4/c1-19(2)21(11-13-26-22(29)32-24(3,4)5)28-17-25(18-28)12-14-27(16-25)23(30)31-15-20-9-7-6-8-10-20/h6-10,19,21H,11-18H2,1-5H3,(H,26,29). The van der Waals surface area contributed by atoms with Crippen molar-refractivity contribution in [1.29, 1.82) is 0 Å². The molecule has 1 N–H and O–H groups in total. The second-order valence-electron chi connectivity index (χ2n) is 10.6. The lowest BCUT2D eigenvalue weighted by molar-refractivity contribution is -0.0398. The highest BCUT2D eigenvalue weighted by Crippen LogP contribution is 2.42. The van der Waals surface area contributed by atoms with Gasteiger partial charge in [-0.05, 0) is 45.1 Å². The van der Waals surface area contributed by atoms with Crippen LogP contribution in [-0.2, 0) is 16.1 Å². The van der Waals surface area contributed by atoms with Crippen LogP contribution in [0.5, 0.6) is 0 Å². The van der Waals surface area contributed by atoms with Crippen molar-refractivity contribution in [1.82, 2.24) is 15.1 Å². The quantitative estimate of drug-likeness (QED) is 0.679. The van der Waals surface area contributed by atoms with Crippen LogP contribution in [0.15, 0.2) is 30.3 Å². The number of likely N-dealkylation sites (tertiary alicyclic amines) is 2. The summed E-state index contributed by atoms with van der Waals surface area (Å²) in [6.07, 6.45) is 1.33. The van der Waals surface area contributed by atoms with E-state index in [2.05, 4.69) is 24.1 Å². The Morgan fingerprint density at radius 2 is 1.81 bits per heavy atom. The lowest BCUT2D eigenvalue weighted by Gasteiger charge is -2.52.